The molecule has 0 bridgehead atoms. The van der Waals surface area contributed by atoms with Crippen LogP contribution in [0.25, 0.3) is 6.08 Å². The molecular formula is C7H5ClOS. The summed E-state index contributed by atoms with van der Waals surface area (Å²) in [6, 6.07) is 3.84. The highest BCUT2D eigenvalue weighted by atomic mass is 35.5. The van der Waals surface area contributed by atoms with Crippen molar-refractivity contribution >= 4 is 34.3 Å². The van der Waals surface area contributed by atoms with Crippen molar-refractivity contribution in [2.75, 3.05) is 0 Å². The molecule has 52 valence electrons. The summed E-state index contributed by atoms with van der Waals surface area (Å²) in [6.45, 7) is 0. The van der Waals surface area contributed by atoms with Crippen molar-refractivity contribution in [2.45, 2.75) is 0 Å². The molecule has 1 rings (SSSR count). The van der Waals surface area contributed by atoms with Crippen LogP contribution in [0.3, 0.4) is 0 Å². The molecule has 0 unspecified atom stereocenters. The molecule has 0 amide bonds. The first-order valence-electron chi connectivity index (χ1n) is 2.70. The van der Waals surface area contributed by atoms with Crippen LogP contribution in [0, 0.1) is 0 Å². The van der Waals surface area contributed by atoms with Gasteiger partial charge in [0.25, 0.3) is 0 Å². The van der Waals surface area contributed by atoms with Crippen molar-refractivity contribution < 1.29 is 4.79 Å². The fourth-order valence-corrected chi connectivity index (χ4v) is 1.21. The Kier molecular flexibility index (Phi) is 2.66. The molecule has 0 aliphatic heterocycles. The van der Waals surface area contributed by atoms with Crippen LogP contribution < -0.4 is 0 Å². The first-order chi connectivity index (χ1) is 4.79. The number of hydrogen-bond acceptors (Lipinski definition) is 2. The van der Waals surface area contributed by atoms with Gasteiger partial charge in [0, 0.05) is 4.88 Å². The Labute approximate surface area is 67.9 Å². The van der Waals surface area contributed by atoms with Crippen molar-refractivity contribution in [1.82, 2.24) is 0 Å². The Morgan fingerprint density at radius 2 is 2.50 bits per heavy atom. The molecule has 0 aliphatic carbocycles. The largest absolute Gasteiger partial charge is 0.276 e. The fourth-order valence-electron chi connectivity index (χ4n) is 0.534. The van der Waals surface area contributed by atoms with Crippen LogP contribution in [-0.4, -0.2) is 5.24 Å². The Bertz CT molecular complexity index is 238. The molecule has 0 saturated heterocycles. The minimum Gasteiger partial charge on any atom is -0.276 e. The van der Waals surface area contributed by atoms with Crippen molar-refractivity contribution in [3.05, 3.63) is 28.5 Å². The van der Waals surface area contributed by atoms with E-state index in [1.165, 1.54) is 6.08 Å². The average Bonchev–Trinajstić information content (AvgIpc) is 2.34. The van der Waals surface area contributed by atoms with Gasteiger partial charge in [-0.1, -0.05) is 6.07 Å². The number of rotatable bonds is 2. The van der Waals surface area contributed by atoms with E-state index in [1.54, 1.807) is 17.4 Å². The second-order valence-electron chi connectivity index (χ2n) is 1.65. The first-order valence-corrected chi connectivity index (χ1v) is 3.96. The number of hydrogen-bond donors (Lipinski definition) is 0. The molecule has 0 saturated carbocycles. The average molecular weight is 173 g/mol. The molecular weight excluding hydrogens is 168 g/mol. The molecule has 0 aliphatic rings. The smallest absolute Gasteiger partial charge is 0.245 e. The first kappa shape index (κ1) is 7.51. The Morgan fingerprint density at radius 1 is 1.70 bits per heavy atom. The van der Waals surface area contributed by atoms with Crippen molar-refractivity contribution in [3.63, 3.8) is 0 Å². The normalized spacial score (nSPS) is 10.5. The molecule has 0 spiro atoms. The van der Waals surface area contributed by atoms with E-state index >= 15 is 0 Å². The van der Waals surface area contributed by atoms with Crippen molar-refractivity contribution in [1.29, 1.82) is 0 Å². The van der Waals surface area contributed by atoms with E-state index in [1.807, 2.05) is 17.5 Å². The Balaban J connectivity index is 2.64. The van der Waals surface area contributed by atoms with E-state index in [4.69, 9.17) is 11.6 Å². The summed E-state index contributed by atoms with van der Waals surface area (Å²) in [5.41, 5.74) is 0. The van der Waals surface area contributed by atoms with Crippen LogP contribution in [0.15, 0.2) is 23.6 Å². The topological polar surface area (TPSA) is 17.1 Å². The number of allylic oxidation sites excluding steroid dienone is 1. The van der Waals surface area contributed by atoms with Gasteiger partial charge in [-0.25, -0.2) is 0 Å². The summed E-state index contributed by atoms with van der Waals surface area (Å²) in [5, 5.41) is 1.51. The zero-order chi connectivity index (χ0) is 7.40. The second kappa shape index (κ2) is 3.54. The fraction of sp³-hybridized carbons (Fsp3) is 0. The maximum Gasteiger partial charge on any atom is 0.245 e. The molecule has 3 heteroatoms. The molecule has 0 atom stereocenters. The lowest BCUT2D eigenvalue weighted by Crippen LogP contribution is -1.72. The van der Waals surface area contributed by atoms with Gasteiger partial charge < -0.3 is 0 Å². The van der Waals surface area contributed by atoms with E-state index < -0.39 is 5.24 Å². The van der Waals surface area contributed by atoms with Crippen LogP contribution in [0.5, 0.6) is 0 Å². The van der Waals surface area contributed by atoms with Gasteiger partial charge in [0.2, 0.25) is 5.24 Å². The van der Waals surface area contributed by atoms with Crippen LogP contribution in [-0.2, 0) is 4.79 Å². The number of halogens is 1. The lowest BCUT2D eigenvalue weighted by atomic mass is 10.4. The summed E-state index contributed by atoms with van der Waals surface area (Å²) in [4.78, 5) is 11.3. The molecule has 0 radical (unpaired) electrons. The van der Waals surface area contributed by atoms with Gasteiger partial charge in [-0.3, -0.25) is 4.79 Å². The molecule has 1 aromatic heterocycles. The van der Waals surface area contributed by atoms with Gasteiger partial charge in [-0.2, -0.15) is 0 Å². The van der Waals surface area contributed by atoms with E-state index in [0.717, 1.165) is 4.88 Å². The molecule has 0 N–H and O–H groups in total. The minimum atomic E-state index is -0.437. The molecule has 1 nitrogen and oxygen atoms in total. The summed E-state index contributed by atoms with van der Waals surface area (Å²) in [5.74, 6) is 0. The van der Waals surface area contributed by atoms with Gasteiger partial charge in [0.1, 0.15) is 0 Å². The quantitative estimate of drug-likeness (QED) is 0.495. The lowest BCUT2D eigenvalue weighted by Gasteiger charge is -1.77. The van der Waals surface area contributed by atoms with Gasteiger partial charge >= 0.3 is 0 Å². The van der Waals surface area contributed by atoms with E-state index in [2.05, 4.69) is 0 Å². The lowest BCUT2D eigenvalue weighted by molar-refractivity contribution is -0.107. The SMILES string of the molecule is O=C(Cl)/C=C\c1cccs1. The van der Waals surface area contributed by atoms with Gasteiger partial charge in [0.15, 0.2) is 0 Å². The van der Waals surface area contributed by atoms with E-state index in [0.29, 0.717) is 0 Å². The Hall–Kier alpha value is -0.600. The monoisotopic (exact) mass is 172 g/mol. The number of thiophene rings is 1. The predicted molar refractivity (Wildman–Crippen MR) is 44.2 cm³/mol. The highest BCUT2D eigenvalue weighted by molar-refractivity contribution is 7.10. The highest BCUT2D eigenvalue weighted by Crippen LogP contribution is 2.10. The van der Waals surface area contributed by atoms with Crippen molar-refractivity contribution in [2.24, 2.45) is 0 Å². The molecule has 10 heavy (non-hydrogen) atoms. The zero-order valence-electron chi connectivity index (χ0n) is 5.08. The van der Waals surface area contributed by atoms with E-state index in [9.17, 15) is 4.79 Å². The summed E-state index contributed by atoms with van der Waals surface area (Å²) >= 11 is 6.64. The van der Waals surface area contributed by atoms with E-state index in [-0.39, 0.29) is 0 Å². The van der Waals surface area contributed by atoms with Crippen molar-refractivity contribution in [3.8, 4) is 0 Å². The third-order valence-corrected chi connectivity index (χ3v) is 1.89. The molecule has 0 fully saturated rings. The molecule has 0 aromatic carbocycles. The van der Waals surface area contributed by atoms with Crippen LogP contribution in [0.1, 0.15) is 4.88 Å². The van der Waals surface area contributed by atoms with Crippen LogP contribution >= 0.6 is 22.9 Å². The summed E-state index contributed by atoms with van der Waals surface area (Å²) < 4.78 is 0. The third kappa shape index (κ3) is 2.33. The molecule has 1 heterocycles. The van der Waals surface area contributed by atoms with Crippen LogP contribution in [0.2, 0.25) is 0 Å². The number of carbonyl (C=O) groups excluding carboxylic acids is 1. The maximum absolute atomic E-state index is 10.2. The standard InChI is InChI=1S/C7H5ClOS/c8-7(9)4-3-6-2-1-5-10-6/h1-5H/b4-3-. The number of carbonyl (C=O) groups is 1. The maximum atomic E-state index is 10.2. The minimum absolute atomic E-state index is 0.437. The predicted octanol–water partition coefficient (Wildman–Crippen LogP) is 2.53. The van der Waals surface area contributed by atoms with Crippen LogP contribution in [0.4, 0.5) is 0 Å². The summed E-state index contributed by atoms with van der Waals surface area (Å²) in [7, 11) is 0. The zero-order valence-corrected chi connectivity index (χ0v) is 6.65. The van der Waals surface area contributed by atoms with Gasteiger partial charge in [0.05, 0.1) is 0 Å². The molecule has 1 aromatic rings. The second-order valence-corrected chi connectivity index (χ2v) is 3.00. The summed E-state index contributed by atoms with van der Waals surface area (Å²) in [6.07, 6.45) is 3.04. The highest BCUT2D eigenvalue weighted by Gasteiger charge is 1.87. The Morgan fingerprint density at radius 3 is 3.00 bits per heavy atom. The van der Waals surface area contributed by atoms with Gasteiger partial charge in [-0.05, 0) is 35.2 Å². The third-order valence-electron chi connectivity index (χ3n) is 0.922. The van der Waals surface area contributed by atoms with Gasteiger partial charge in [-0.15, -0.1) is 11.3 Å².